The van der Waals surface area contributed by atoms with Crippen molar-refractivity contribution in [2.75, 3.05) is 0 Å². The summed E-state index contributed by atoms with van der Waals surface area (Å²) in [5.74, 6) is 0.383. The SMILES string of the molecule is C.FC(F)c1ccc(COc2ccc(I)nn2)cn1.Ic1ccc(I)nn1.OCc1ccc(C(F)F)nc1. The Bertz CT molecular complexity index is 1170. The Morgan fingerprint density at radius 2 is 1.11 bits per heavy atom. The summed E-state index contributed by atoms with van der Waals surface area (Å²) in [5.41, 5.74) is 0.726. The number of pyridine rings is 2. The van der Waals surface area contributed by atoms with Gasteiger partial charge in [-0.15, -0.1) is 20.4 Å². The monoisotopic (exact) mass is 870 g/mol. The number of nitrogens with zero attached hydrogens (tertiary/aromatic N) is 6. The average Bonchev–Trinajstić information content (AvgIpc) is 2.91. The van der Waals surface area contributed by atoms with Gasteiger partial charge in [-0.05, 0) is 104 Å². The third-order valence-electron chi connectivity index (χ3n) is 3.92. The molecule has 204 valence electrons. The van der Waals surface area contributed by atoms with Crippen molar-refractivity contribution in [2.45, 2.75) is 33.5 Å². The summed E-state index contributed by atoms with van der Waals surface area (Å²) < 4.78 is 56.3. The minimum Gasteiger partial charge on any atom is -0.472 e. The lowest BCUT2D eigenvalue weighted by atomic mass is 10.2. The van der Waals surface area contributed by atoms with Gasteiger partial charge in [-0.25, -0.2) is 17.6 Å². The zero-order valence-corrected chi connectivity index (χ0v) is 25.0. The molecule has 0 radical (unpaired) electrons. The number of aromatic nitrogens is 6. The van der Waals surface area contributed by atoms with E-state index in [4.69, 9.17) is 9.84 Å². The highest BCUT2D eigenvalue weighted by Gasteiger charge is 2.08. The maximum atomic E-state index is 12.3. The second-order valence-corrected chi connectivity index (χ2v) is 9.92. The molecule has 0 aliphatic heterocycles. The summed E-state index contributed by atoms with van der Waals surface area (Å²) in [7, 11) is 0. The van der Waals surface area contributed by atoms with E-state index in [1.165, 1.54) is 30.6 Å². The van der Waals surface area contributed by atoms with Crippen LogP contribution >= 0.6 is 67.8 Å². The Morgan fingerprint density at radius 1 is 0.658 bits per heavy atom. The first-order valence-corrected chi connectivity index (χ1v) is 13.2. The Labute approximate surface area is 257 Å². The van der Waals surface area contributed by atoms with Gasteiger partial charge < -0.3 is 9.84 Å². The third-order valence-corrected chi connectivity index (χ3v) is 5.64. The van der Waals surface area contributed by atoms with Gasteiger partial charge >= 0.3 is 0 Å². The van der Waals surface area contributed by atoms with Gasteiger partial charge in [-0.2, -0.15) is 0 Å². The number of ether oxygens (including phenoxy) is 1. The maximum Gasteiger partial charge on any atom is 0.280 e. The maximum absolute atomic E-state index is 12.3. The van der Waals surface area contributed by atoms with Crippen molar-refractivity contribution < 1.29 is 27.4 Å². The van der Waals surface area contributed by atoms with Gasteiger partial charge in [-0.1, -0.05) is 19.6 Å². The van der Waals surface area contributed by atoms with E-state index in [9.17, 15) is 17.6 Å². The summed E-state index contributed by atoms with van der Waals surface area (Å²) >= 11 is 6.27. The second kappa shape index (κ2) is 18.4. The average molecular weight is 870 g/mol. The van der Waals surface area contributed by atoms with Crippen LogP contribution in [-0.4, -0.2) is 35.5 Å². The molecule has 38 heavy (non-hydrogen) atoms. The van der Waals surface area contributed by atoms with Crippen LogP contribution in [0.25, 0.3) is 0 Å². The number of rotatable bonds is 6. The van der Waals surface area contributed by atoms with Gasteiger partial charge in [-0.3, -0.25) is 9.97 Å². The second-order valence-electron chi connectivity index (χ2n) is 6.60. The predicted octanol–water partition coefficient (Wildman–Crippen LogP) is 6.83. The van der Waals surface area contributed by atoms with Gasteiger partial charge in [0.2, 0.25) is 5.88 Å². The molecule has 8 nitrogen and oxygen atoms in total. The molecular weight excluding hydrogens is 849 g/mol. The van der Waals surface area contributed by atoms with Crippen molar-refractivity contribution in [2.24, 2.45) is 0 Å². The van der Waals surface area contributed by atoms with Crippen LogP contribution in [-0.2, 0) is 13.2 Å². The zero-order chi connectivity index (χ0) is 27.2. The Hall–Kier alpha value is -1.87. The standard InChI is InChI=1S/C11H8F2IN3O.C7H7F2NO.C4H2I2N2.CH4/c12-11(13)8-2-1-7(5-15-8)6-18-10-4-3-9(14)16-17-10;8-7(9)6-2-1-5(4-11)3-10-6;5-3-1-2-4(6)8-7-3;/h1-5,11H,6H2;1-3,7,11H,4H2;1-2H;1H4. The number of halogens is 7. The predicted molar refractivity (Wildman–Crippen MR) is 158 cm³/mol. The fourth-order valence-electron chi connectivity index (χ4n) is 2.15. The highest BCUT2D eigenvalue weighted by molar-refractivity contribution is 14.1. The number of hydrogen-bond acceptors (Lipinski definition) is 8. The van der Waals surface area contributed by atoms with Crippen molar-refractivity contribution in [1.82, 2.24) is 30.4 Å². The molecule has 0 saturated carbocycles. The van der Waals surface area contributed by atoms with Gasteiger partial charge in [0.05, 0.1) is 6.61 Å². The van der Waals surface area contributed by atoms with Gasteiger partial charge in [0.25, 0.3) is 12.9 Å². The van der Waals surface area contributed by atoms with E-state index in [1.54, 1.807) is 18.2 Å². The number of hydrogen-bond donors (Lipinski definition) is 1. The van der Waals surface area contributed by atoms with E-state index in [2.05, 4.69) is 75.5 Å². The Kier molecular flexibility index (Phi) is 16.6. The molecule has 4 rings (SSSR count). The normalized spacial score (nSPS) is 10.1. The highest BCUT2D eigenvalue weighted by atomic mass is 127. The van der Waals surface area contributed by atoms with E-state index in [1.807, 2.05) is 34.7 Å². The van der Waals surface area contributed by atoms with Gasteiger partial charge in [0.1, 0.15) is 29.1 Å². The Balaban J connectivity index is 0.000000309. The molecule has 0 aliphatic carbocycles. The van der Waals surface area contributed by atoms with Crippen LogP contribution in [0.1, 0.15) is 42.8 Å². The van der Waals surface area contributed by atoms with Gasteiger partial charge in [0.15, 0.2) is 0 Å². The molecule has 0 aromatic carbocycles. The lowest BCUT2D eigenvalue weighted by Gasteiger charge is -2.05. The van der Waals surface area contributed by atoms with Crippen LogP contribution in [0, 0.1) is 11.1 Å². The quantitative estimate of drug-likeness (QED) is 0.166. The molecule has 0 bridgehead atoms. The number of aliphatic hydroxyl groups excluding tert-OH is 1. The fraction of sp³-hybridized carbons (Fsp3) is 0.217. The summed E-state index contributed by atoms with van der Waals surface area (Å²) in [6.07, 6.45) is -2.49. The van der Waals surface area contributed by atoms with Crippen LogP contribution in [0.3, 0.4) is 0 Å². The van der Waals surface area contributed by atoms with Crippen LogP contribution in [0.4, 0.5) is 17.6 Å². The van der Waals surface area contributed by atoms with Crippen molar-refractivity contribution in [3.05, 3.63) is 94.5 Å². The Morgan fingerprint density at radius 3 is 1.45 bits per heavy atom. The van der Waals surface area contributed by atoms with E-state index in [0.29, 0.717) is 17.0 Å². The molecule has 0 unspecified atom stereocenters. The third kappa shape index (κ3) is 13.3. The molecule has 0 saturated heterocycles. The van der Waals surface area contributed by atoms with Crippen LogP contribution < -0.4 is 4.74 Å². The molecule has 0 aliphatic rings. The van der Waals surface area contributed by atoms with E-state index < -0.39 is 12.9 Å². The van der Waals surface area contributed by atoms with Crippen molar-refractivity contribution in [3.63, 3.8) is 0 Å². The summed E-state index contributed by atoms with van der Waals surface area (Å²) in [6, 6.07) is 12.8. The largest absolute Gasteiger partial charge is 0.472 e. The van der Waals surface area contributed by atoms with Crippen molar-refractivity contribution >= 4 is 67.8 Å². The molecule has 4 aromatic heterocycles. The van der Waals surface area contributed by atoms with Crippen molar-refractivity contribution in [3.8, 4) is 5.88 Å². The minimum atomic E-state index is -2.55. The summed E-state index contributed by atoms with van der Waals surface area (Å²) in [6.45, 7) is 0.0440. The molecule has 1 N–H and O–H groups in total. The number of alkyl halides is 4. The van der Waals surface area contributed by atoms with Gasteiger partial charge in [0, 0.05) is 24.0 Å². The van der Waals surface area contributed by atoms with Crippen molar-refractivity contribution in [1.29, 1.82) is 0 Å². The lowest BCUT2D eigenvalue weighted by molar-refractivity contribution is 0.145. The molecule has 4 heterocycles. The molecule has 4 aromatic rings. The van der Waals surface area contributed by atoms with E-state index in [-0.39, 0.29) is 32.0 Å². The summed E-state index contributed by atoms with van der Waals surface area (Å²) in [4.78, 5) is 7.08. The zero-order valence-electron chi connectivity index (χ0n) is 18.5. The first kappa shape index (κ1) is 34.2. The minimum absolute atomic E-state index is 0. The topological polar surface area (TPSA) is 107 Å². The first-order valence-electron chi connectivity index (χ1n) is 10.0. The van der Waals surface area contributed by atoms with Crippen LogP contribution in [0.5, 0.6) is 5.88 Å². The van der Waals surface area contributed by atoms with E-state index in [0.717, 1.165) is 11.1 Å². The lowest BCUT2D eigenvalue weighted by Crippen LogP contribution is -2.00. The molecule has 0 atom stereocenters. The molecule has 0 fully saturated rings. The first-order chi connectivity index (χ1) is 17.7. The fourth-order valence-corrected chi connectivity index (χ4v) is 3.01. The molecular formula is C23H21F4I3N6O2. The molecule has 15 heteroatoms. The smallest absolute Gasteiger partial charge is 0.280 e. The summed E-state index contributed by atoms with van der Waals surface area (Å²) in [5, 5.41) is 23.8. The number of aliphatic hydroxyl groups is 1. The van der Waals surface area contributed by atoms with E-state index >= 15 is 0 Å². The molecule has 0 spiro atoms. The highest BCUT2D eigenvalue weighted by Crippen LogP contribution is 2.17. The van der Waals surface area contributed by atoms with Crippen LogP contribution in [0.15, 0.2) is 60.9 Å². The molecule has 0 amide bonds. The van der Waals surface area contributed by atoms with Crippen LogP contribution in [0.2, 0.25) is 0 Å².